The maximum absolute atomic E-state index is 12.6. The quantitative estimate of drug-likeness (QED) is 0.690. The molecule has 114 valence electrons. The summed E-state index contributed by atoms with van der Waals surface area (Å²) in [6.45, 7) is 8.25. The Morgan fingerprint density at radius 2 is 1.82 bits per heavy atom. The molecule has 0 fully saturated rings. The third kappa shape index (κ3) is 2.71. The number of rotatable bonds is 0. The molecule has 0 aromatic heterocycles. The number of carbonyl (C=O) groups is 1. The van der Waals surface area contributed by atoms with Crippen LogP contribution in [0.1, 0.15) is 31.9 Å². The fourth-order valence-corrected chi connectivity index (χ4v) is 2.75. The minimum absolute atomic E-state index is 0.297. The van der Waals surface area contributed by atoms with Crippen molar-refractivity contribution in [3.63, 3.8) is 0 Å². The van der Waals surface area contributed by atoms with Crippen LogP contribution >= 0.6 is 0 Å². The molecule has 0 unspecified atom stereocenters. The highest BCUT2D eigenvalue weighted by Crippen LogP contribution is 2.40. The number of anilines is 1. The average Bonchev–Trinajstić information content (AvgIpc) is 2.44. The van der Waals surface area contributed by atoms with Crippen molar-refractivity contribution >= 4 is 11.8 Å². The Hall–Kier alpha value is -2.29. The number of ether oxygens (including phenoxy) is 1. The first-order chi connectivity index (χ1) is 10.3. The van der Waals surface area contributed by atoms with Gasteiger partial charge >= 0.3 is 6.09 Å². The molecule has 2 aromatic rings. The van der Waals surface area contributed by atoms with Gasteiger partial charge in [0.25, 0.3) is 0 Å². The van der Waals surface area contributed by atoms with Crippen LogP contribution in [-0.2, 0) is 11.3 Å². The second-order valence-corrected chi connectivity index (χ2v) is 6.74. The standard InChI is InChI=1S/C19H21NO2/c1-13-9-10-16-15-8-6-5-7-14(15)12-20(17(16)11-13)18(21)22-19(2,3)4/h5-11H,12H2,1-4H3. The Kier molecular flexibility index (Phi) is 3.44. The third-order valence-corrected chi connectivity index (χ3v) is 3.69. The first-order valence-electron chi connectivity index (χ1n) is 7.54. The smallest absolute Gasteiger partial charge is 0.415 e. The van der Waals surface area contributed by atoms with E-state index in [-0.39, 0.29) is 6.09 Å². The highest BCUT2D eigenvalue weighted by molar-refractivity contribution is 5.97. The summed E-state index contributed by atoms with van der Waals surface area (Å²) in [6, 6.07) is 14.4. The van der Waals surface area contributed by atoms with Gasteiger partial charge in [-0.05, 0) is 50.5 Å². The van der Waals surface area contributed by atoms with Crippen LogP contribution in [-0.4, -0.2) is 11.7 Å². The maximum atomic E-state index is 12.6. The molecule has 0 bridgehead atoms. The van der Waals surface area contributed by atoms with Gasteiger partial charge in [-0.2, -0.15) is 0 Å². The first-order valence-corrected chi connectivity index (χ1v) is 7.54. The van der Waals surface area contributed by atoms with Crippen molar-refractivity contribution in [1.29, 1.82) is 0 Å². The monoisotopic (exact) mass is 295 g/mol. The molecule has 1 heterocycles. The van der Waals surface area contributed by atoms with Crippen LogP contribution in [0.5, 0.6) is 0 Å². The largest absolute Gasteiger partial charge is 0.443 e. The van der Waals surface area contributed by atoms with Gasteiger partial charge in [-0.1, -0.05) is 36.4 Å². The van der Waals surface area contributed by atoms with Crippen molar-refractivity contribution in [3.05, 3.63) is 53.6 Å². The Morgan fingerprint density at radius 3 is 2.55 bits per heavy atom. The predicted molar refractivity (Wildman–Crippen MR) is 89.0 cm³/mol. The molecule has 2 aromatic carbocycles. The number of carbonyl (C=O) groups excluding carboxylic acids is 1. The summed E-state index contributed by atoms with van der Waals surface area (Å²) in [4.78, 5) is 14.3. The van der Waals surface area contributed by atoms with Crippen LogP contribution in [0.2, 0.25) is 0 Å². The Balaban J connectivity index is 2.08. The van der Waals surface area contributed by atoms with Crippen molar-refractivity contribution in [3.8, 4) is 11.1 Å². The summed E-state index contributed by atoms with van der Waals surface area (Å²) < 4.78 is 5.58. The summed E-state index contributed by atoms with van der Waals surface area (Å²) in [7, 11) is 0. The van der Waals surface area contributed by atoms with E-state index in [0.717, 1.165) is 22.4 Å². The topological polar surface area (TPSA) is 29.5 Å². The van der Waals surface area contributed by atoms with Crippen LogP contribution in [0.25, 0.3) is 11.1 Å². The van der Waals surface area contributed by atoms with Gasteiger partial charge < -0.3 is 4.74 Å². The number of hydrogen-bond donors (Lipinski definition) is 0. The second kappa shape index (κ2) is 5.16. The molecule has 0 N–H and O–H groups in total. The normalized spacial score (nSPS) is 13.4. The van der Waals surface area contributed by atoms with E-state index in [1.165, 1.54) is 5.56 Å². The Bertz CT molecular complexity index is 728. The molecule has 1 aliphatic rings. The van der Waals surface area contributed by atoms with Gasteiger partial charge in [0.1, 0.15) is 5.60 Å². The van der Waals surface area contributed by atoms with Gasteiger partial charge in [0.15, 0.2) is 0 Å². The summed E-state index contributed by atoms with van der Waals surface area (Å²) in [5, 5.41) is 0. The highest BCUT2D eigenvalue weighted by atomic mass is 16.6. The molecular formula is C19H21NO2. The van der Waals surface area contributed by atoms with Crippen LogP contribution in [0.3, 0.4) is 0 Å². The fraction of sp³-hybridized carbons (Fsp3) is 0.316. The van der Waals surface area contributed by atoms with Gasteiger partial charge in [0.05, 0.1) is 12.2 Å². The summed E-state index contributed by atoms with van der Waals surface area (Å²) >= 11 is 0. The number of benzene rings is 2. The molecule has 1 amide bonds. The molecule has 22 heavy (non-hydrogen) atoms. The van der Waals surface area contributed by atoms with E-state index in [1.807, 2.05) is 39.8 Å². The number of nitrogens with zero attached hydrogens (tertiary/aromatic N) is 1. The molecule has 0 spiro atoms. The average molecular weight is 295 g/mol. The van der Waals surface area contributed by atoms with E-state index >= 15 is 0 Å². The minimum Gasteiger partial charge on any atom is -0.443 e. The SMILES string of the molecule is Cc1ccc2c(c1)N(C(=O)OC(C)(C)C)Cc1ccccc1-2. The summed E-state index contributed by atoms with van der Waals surface area (Å²) in [5.74, 6) is 0. The zero-order valence-electron chi connectivity index (χ0n) is 13.5. The lowest BCUT2D eigenvalue weighted by molar-refractivity contribution is 0.0577. The minimum atomic E-state index is -0.502. The van der Waals surface area contributed by atoms with Crippen LogP contribution in [0.4, 0.5) is 10.5 Å². The van der Waals surface area contributed by atoms with E-state index in [9.17, 15) is 4.79 Å². The molecule has 0 saturated heterocycles. The molecule has 0 radical (unpaired) electrons. The number of aryl methyl sites for hydroxylation is 1. The lowest BCUT2D eigenvalue weighted by atomic mass is 9.93. The molecule has 3 nitrogen and oxygen atoms in total. The van der Waals surface area contributed by atoms with E-state index in [0.29, 0.717) is 6.54 Å². The van der Waals surface area contributed by atoms with Crippen LogP contribution in [0.15, 0.2) is 42.5 Å². The lowest BCUT2D eigenvalue weighted by Crippen LogP contribution is -2.38. The summed E-state index contributed by atoms with van der Waals surface area (Å²) in [6.07, 6.45) is -0.297. The van der Waals surface area contributed by atoms with Gasteiger partial charge in [-0.25, -0.2) is 4.79 Å². The van der Waals surface area contributed by atoms with E-state index in [2.05, 4.69) is 30.3 Å². The van der Waals surface area contributed by atoms with E-state index in [4.69, 9.17) is 4.74 Å². The van der Waals surface area contributed by atoms with Crippen LogP contribution < -0.4 is 4.90 Å². The molecule has 0 atom stereocenters. The molecule has 0 saturated carbocycles. The van der Waals surface area contributed by atoms with Crippen molar-refractivity contribution in [2.75, 3.05) is 4.90 Å². The fourth-order valence-electron chi connectivity index (χ4n) is 2.75. The third-order valence-electron chi connectivity index (χ3n) is 3.69. The molecule has 1 aliphatic heterocycles. The van der Waals surface area contributed by atoms with Crippen molar-refractivity contribution < 1.29 is 9.53 Å². The number of amides is 1. The van der Waals surface area contributed by atoms with Gasteiger partial charge in [-0.3, -0.25) is 4.90 Å². The van der Waals surface area contributed by atoms with Gasteiger partial charge in [0.2, 0.25) is 0 Å². The van der Waals surface area contributed by atoms with Crippen molar-refractivity contribution in [1.82, 2.24) is 0 Å². The summed E-state index contributed by atoms with van der Waals surface area (Å²) in [5.41, 5.74) is 4.97. The molecular weight excluding hydrogens is 274 g/mol. The predicted octanol–water partition coefficient (Wildman–Crippen LogP) is 4.92. The van der Waals surface area contributed by atoms with Crippen molar-refractivity contribution in [2.45, 2.75) is 39.8 Å². The molecule has 3 heteroatoms. The maximum Gasteiger partial charge on any atom is 0.415 e. The van der Waals surface area contributed by atoms with E-state index in [1.54, 1.807) is 4.90 Å². The first kappa shape index (κ1) is 14.6. The Labute approximate surface area is 131 Å². The molecule has 3 rings (SSSR count). The second-order valence-electron chi connectivity index (χ2n) is 6.74. The van der Waals surface area contributed by atoms with E-state index < -0.39 is 5.60 Å². The highest BCUT2D eigenvalue weighted by Gasteiger charge is 2.29. The Morgan fingerprint density at radius 1 is 1.09 bits per heavy atom. The number of fused-ring (bicyclic) bond motifs is 3. The molecule has 0 aliphatic carbocycles. The zero-order valence-corrected chi connectivity index (χ0v) is 13.5. The van der Waals surface area contributed by atoms with Crippen LogP contribution in [0, 0.1) is 6.92 Å². The lowest BCUT2D eigenvalue weighted by Gasteiger charge is -2.33. The zero-order chi connectivity index (χ0) is 15.9. The van der Waals surface area contributed by atoms with Crippen molar-refractivity contribution in [2.24, 2.45) is 0 Å². The van der Waals surface area contributed by atoms with Gasteiger partial charge in [-0.15, -0.1) is 0 Å². The number of hydrogen-bond acceptors (Lipinski definition) is 2. The van der Waals surface area contributed by atoms with Gasteiger partial charge in [0, 0.05) is 5.56 Å².